The molecular formula is C29H32F2N4O4S. The van der Waals surface area contributed by atoms with Crippen molar-refractivity contribution in [1.82, 2.24) is 15.2 Å². The Balaban J connectivity index is 1.62. The van der Waals surface area contributed by atoms with Crippen LogP contribution in [-0.4, -0.2) is 56.3 Å². The molecule has 2 aromatic carbocycles. The predicted molar refractivity (Wildman–Crippen MR) is 151 cm³/mol. The third-order valence-electron chi connectivity index (χ3n) is 7.09. The molecule has 0 saturated heterocycles. The van der Waals surface area contributed by atoms with Gasteiger partial charge in [0.05, 0.1) is 21.8 Å². The van der Waals surface area contributed by atoms with Crippen molar-refractivity contribution in [3.8, 4) is 0 Å². The number of halogens is 2. The van der Waals surface area contributed by atoms with Crippen LogP contribution in [0.5, 0.6) is 0 Å². The number of H-pyrrole nitrogens is 1. The Kier molecular flexibility index (Phi) is 8.55. The summed E-state index contributed by atoms with van der Waals surface area (Å²) in [6.45, 7) is 10.7. The highest BCUT2D eigenvalue weighted by atomic mass is 32.2. The van der Waals surface area contributed by atoms with E-state index in [1.807, 2.05) is 0 Å². The van der Waals surface area contributed by atoms with Gasteiger partial charge in [0.2, 0.25) is 0 Å². The fourth-order valence-electron chi connectivity index (χ4n) is 4.79. The molecule has 0 saturated carbocycles. The van der Waals surface area contributed by atoms with E-state index in [1.165, 1.54) is 18.2 Å². The van der Waals surface area contributed by atoms with E-state index in [-0.39, 0.29) is 21.9 Å². The molecule has 0 atom stereocenters. The van der Waals surface area contributed by atoms with Crippen LogP contribution in [0.2, 0.25) is 0 Å². The zero-order valence-electron chi connectivity index (χ0n) is 22.8. The molecular weight excluding hydrogens is 538 g/mol. The minimum Gasteiger partial charge on any atom is -0.358 e. The number of rotatable bonds is 10. The lowest BCUT2D eigenvalue weighted by Crippen LogP contribution is -2.35. The topological polar surface area (TPSA) is 111 Å². The van der Waals surface area contributed by atoms with Crippen LogP contribution in [0.25, 0.3) is 11.6 Å². The average molecular weight is 571 g/mol. The first-order valence-electron chi connectivity index (χ1n) is 13.0. The molecule has 3 N–H and O–H groups in total. The van der Waals surface area contributed by atoms with Crippen LogP contribution in [0.3, 0.4) is 0 Å². The van der Waals surface area contributed by atoms with E-state index in [1.54, 1.807) is 19.9 Å². The number of nitrogens with one attached hydrogen (secondary N) is 3. The Labute approximate surface area is 232 Å². The summed E-state index contributed by atoms with van der Waals surface area (Å²) in [5.41, 5.74) is 3.18. The van der Waals surface area contributed by atoms with Gasteiger partial charge in [-0.05, 0) is 62.8 Å². The molecule has 212 valence electrons. The zero-order valence-corrected chi connectivity index (χ0v) is 23.6. The maximum atomic E-state index is 14.1. The number of likely N-dealkylation sites (N-methyl/N-ethyl adjacent to an activating group) is 1. The largest absolute Gasteiger partial charge is 0.358 e. The summed E-state index contributed by atoms with van der Waals surface area (Å²) in [6, 6.07) is 6.91. The molecule has 1 aliphatic rings. The SMILES string of the molecule is CCN(CC)CCNC(=O)c1c(C)[nH]c(/C=C2\C(=O)Nc3ccc(S(=O)(=O)Cc4ccc(F)cc4F)cc32)c1C. The van der Waals surface area contributed by atoms with E-state index in [2.05, 4.69) is 34.4 Å². The summed E-state index contributed by atoms with van der Waals surface area (Å²) >= 11 is 0. The lowest BCUT2D eigenvalue weighted by Gasteiger charge is -2.18. The van der Waals surface area contributed by atoms with Crippen molar-refractivity contribution in [3.63, 3.8) is 0 Å². The highest BCUT2D eigenvalue weighted by molar-refractivity contribution is 7.90. The van der Waals surface area contributed by atoms with Gasteiger partial charge in [-0.2, -0.15) is 0 Å². The molecule has 1 aliphatic heterocycles. The van der Waals surface area contributed by atoms with E-state index >= 15 is 0 Å². The number of anilines is 1. The summed E-state index contributed by atoms with van der Waals surface area (Å²) < 4.78 is 53.6. The first-order valence-corrected chi connectivity index (χ1v) is 14.6. The molecule has 3 aromatic rings. The maximum Gasteiger partial charge on any atom is 0.256 e. The van der Waals surface area contributed by atoms with Gasteiger partial charge in [0.15, 0.2) is 9.84 Å². The van der Waals surface area contributed by atoms with Crippen molar-refractivity contribution >= 4 is 39.0 Å². The van der Waals surface area contributed by atoms with Crippen molar-refractivity contribution in [3.05, 3.63) is 81.7 Å². The molecule has 0 aliphatic carbocycles. The smallest absolute Gasteiger partial charge is 0.256 e. The van der Waals surface area contributed by atoms with Crippen molar-refractivity contribution in [1.29, 1.82) is 0 Å². The van der Waals surface area contributed by atoms with E-state index in [0.717, 1.165) is 31.8 Å². The van der Waals surface area contributed by atoms with Gasteiger partial charge >= 0.3 is 0 Å². The van der Waals surface area contributed by atoms with Gasteiger partial charge in [0.1, 0.15) is 11.6 Å². The number of benzene rings is 2. The Hall–Kier alpha value is -3.83. The second-order valence-corrected chi connectivity index (χ2v) is 11.7. The number of aromatic amines is 1. The highest BCUT2D eigenvalue weighted by Gasteiger charge is 2.28. The average Bonchev–Trinajstić information content (AvgIpc) is 3.37. The van der Waals surface area contributed by atoms with Crippen molar-refractivity contribution in [2.24, 2.45) is 0 Å². The monoisotopic (exact) mass is 570 g/mol. The molecule has 0 spiro atoms. The van der Waals surface area contributed by atoms with Crippen LogP contribution in [0.4, 0.5) is 14.5 Å². The molecule has 0 unspecified atom stereocenters. The predicted octanol–water partition coefficient (Wildman–Crippen LogP) is 4.45. The lowest BCUT2D eigenvalue weighted by atomic mass is 10.0. The maximum absolute atomic E-state index is 14.1. The second-order valence-electron chi connectivity index (χ2n) is 9.66. The number of sulfone groups is 1. The molecule has 0 bridgehead atoms. The molecule has 2 heterocycles. The fourth-order valence-corrected chi connectivity index (χ4v) is 6.17. The number of amides is 2. The molecule has 40 heavy (non-hydrogen) atoms. The van der Waals surface area contributed by atoms with Gasteiger partial charge in [0.25, 0.3) is 11.8 Å². The summed E-state index contributed by atoms with van der Waals surface area (Å²) in [5.74, 6) is -3.06. The standard InChI is InChI=1S/C29H32F2N4O4S/c1-5-35(6-2)12-11-32-29(37)27-17(3)26(33-18(27)4)15-23-22-14-21(9-10-25(22)34-28(23)36)40(38,39)16-19-7-8-20(30)13-24(19)31/h7-10,13-15,33H,5-6,11-12,16H2,1-4H3,(H,32,37)(H,34,36)/b23-15-. The zero-order chi connectivity index (χ0) is 29.2. The normalized spacial score (nSPS) is 14.1. The van der Waals surface area contributed by atoms with E-state index in [4.69, 9.17) is 0 Å². The Bertz CT molecular complexity index is 1610. The van der Waals surface area contributed by atoms with Crippen LogP contribution in [-0.2, 0) is 20.4 Å². The number of aromatic nitrogens is 1. The van der Waals surface area contributed by atoms with Gasteiger partial charge in [-0.3, -0.25) is 9.59 Å². The summed E-state index contributed by atoms with van der Waals surface area (Å²) in [6.07, 6.45) is 1.59. The van der Waals surface area contributed by atoms with Crippen molar-refractivity contribution < 1.29 is 26.8 Å². The molecule has 11 heteroatoms. The fraction of sp³-hybridized carbons (Fsp3) is 0.310. The molecule has 2 amide bonds. The number of hydrogen-bond donors (Lipinski definition) is 3. The van der Waals surface area contributed by atoms with Crippen LogP contribution >= 0.6 is 0 Å². The summed E-state index contributed by atoms with van der Waals surface area (Å²) in [4.78, 5) is 31.1. The van der Waals surface area contributed by atoms with Crippen LogP contribution in [0, 0.1) is 25.5 Å². The Morgan fingerprint density at radius 1 is 1.07 bits per heavy atom. The number of fused-ring (bicyclic) bond motifs is 1. The van der Waals surface area contributed by atoms with Crippen molar-refractivity contribution in [2.45, 2.75) is 38.3 Å². The summed E-state index contributed by atoms with van der Waals surface area (Å²) in [7, 11) is -4.02. The molecule has 0 fully saturated rings. The Morgan fingerprint density at radius 3 is 2.48 bits per heavy atom. The van der Waals surface area contributed by atoms with Gasteiger partial charge in [-0.15, -0.1) is 0 Å². The van der Waals surface area contributed by atoms with Gasteiger partial charge < -0.3 is 20.5 Å². The van der Waals surface area contributed by atoms with E-state index < -0.39 is 33.1 Å². The van der Waals surface area contributed by atoms with Crippen LogP contribution in [0.1, 0.15) is 52.3 Å². The number of carbonyl (C=O) groups is 2. The lowest BCUT2D eigenvalue weighted by molar-refractivity contribution is -0.110. The van der Waals surface area contributed by atoms with Gasteiger partial charge in [-0.1, -0.05) is 19.9 Å². The minimum atomic E-state index is -4.02. The highest BCUT2D eigenvalue weighted by Crippen LogP contribution is 2.36. The molecule has 0 radical (unpaired) electrons. The first kappa shape index (κ1) is 29.2. The van der Waals surface area contributed by atoms with Crippen LogP contribution < -0.4 is 10.6 Å². The number of aryl methyl sites for hydroxylation is 1. The molecule has 1 aromatic heterocycles. The molecule has 4 rings (SSSR count). The number of carbonyl (C=O) groups excluding carboxylic acids is 2. The molecule has 8 nitrogen and oxygen atoms in total. The van der Waals surface area contributed by atoms with E-state index in [0.29, 0.717) is 46.4 Å². The number of hydrogen-bond acceptors (Lipinski definition) is 5. The van der Waals surface area contributed by atoms with E-state index in [9.17, 15) is 26.8 Å². The third-order valence-corrected chi connectivity index (χ3v) is 8.76. The minimum absolute atomic E-state index is 0.106. The summed E-state index contributed by atoms with van der Waals surface area (Å²) in [5, 5.41) is 5.67. The van der Waals surface area contributed by atoms with Crippen LogP contribution in [0.15, 0.2) is 41.3 Å². The Morgan fingerprint density at radius 2 is 1.80 bits per heavy atom. The first-order chi connectivity index (χ1) is 18.9. The third kappa shape index (κ3) is 6.00. The van der Waals surface area contributed by atoms with Gasteiger partial charge in [-0.25, -0.2) is 17.2 Å². The number of nitrogens with zero attached hydrogens (tertiary/aromatic N) is 1. The quantitative estimate of drug-likeness (QED) is 0.312. The van der Waals surface area contributed by atoms with Gasteiger partial charge in [0, 0.05) is 47.4 Å². The van der Waals surface area contributed by atoms with Crippen molar-refractivity contribution in [2.75, 3.05) is 31.5 Å². The second kappa shape index (κ2) is 11.7.